The second-order valence-corrected chi connectivity index (χ2v) is 2.15. The van der Waals surface area contributed by atoms with Crippen molar-refractivity contribution in [3.05, 3.63) is 0 Å². The Bertz CT molecular complexity index is 151. The maximum absolute atomic E-state index is 5.49. The molecule has 3 nitrogen and oxygen atoms in total. The third-order valence-electron chi connectivity index (χ3n) is 1.08. The molecule has 1 rings (SSSR count). The highest BCUT2D eigenvalue weighted by atomic mass is 32.1. The van der Waals surface area contributed by atoms with Crippen LogP contribution in [-0.4, -0.2) is 16.7 Å². The molecule has 0 bridgehead atoms. The summed E-state index contributed by atoms with van der Waals surface area (Å²) in [6.07, 6.45) is 0. The molecular weight excluding hydrogens is 122 g/mol. The van der Waals surface area contributed by atoms with Crippen LogP contribution in [-0.2, 0) is 0 Å². The summed E-state index contributed by atoms with van der Waals surface area (Å²) in [5.74, 6) is 0. The minimum atomic E-state index is -0.148. The first kappa shape index (κ1) is 5.65. The molecule has 1 aliphatic heterocycles. The molecule has 0 aromatic rings. The second-order valence-electron chi connectivity index (χ2n) is 1.71. The van der Waals surface area contributed by atoms with Crippen LogP contribution in [0.25, 0.3) is 0 Å². The number of thiocarbonyl (C=S) groups is 1. The molecule has 1 heterocycles. The van der Waals surface area contributed by atoms with Gasteiger partial charge in [-0.05, 0) is 6.92 Å². The van der Waals surface area contributed by atoms with Gasteiger partial charge >= 0.3 is 0 Å². The summed E-state index contributed by atoms with van der Waals surface area (Å²) < 4.78 is 0. The summed E-state index contributed by atoms with van der Waals surface area (Å²) in [7, 11) is 0. The van der Waals surface area contributed by atoms with Crippen LogP contribution in [0.15, 0.2) is 5.10 Å². The van der Waals surface area contributed by atoms with Crippen molar-refractivity contribution >= 4 is 22.9 Å². The van der Waals surface area contributed by atoms with Gasteiger partial charge in [0.25, 0.3) is 0 Å². The van der Waals surface area contributed by atoms with Gasteiger partial charge in [0, 0.05) is 0 Å². The fraction of sp³-hybridized carbons (Fsp3) is 0.500. The average molecular weight is 129 g/mol. The van der Waals surface area contributed by atoms with Gasteiger partial charge in [-0.25, -0.2) is 0 Å². The van der Waals surface area contributed by atoms with Crippen LogP contribution in [0.3, 0.4) is 0 Å². The van der Waals surface area contributed by atoms with Crippen molar-refractivity contribution < 1.29 is 0 Å². The fourth-order valence-corrected chi connectivity index (χ4v) is 0.688. The van der Waals surface area contributed by atoms with Crippen molar-refractivity contribution in [1.82, 2.24) is 5.43 Å². The van der Waals surface area contributed by atoms with Gasteiger partial charge in [-0.1, -0.05) is 12.2 Å². The maximum Gasteiger partial charge on any atom is 0.119 e. The predicted octanol–water partition coefficient (Wildman–Crippen LogP) is -0.380. The molecule has 1 atom stereocenters. The van der Waals surface area contributed by atoms with Crippen LogP contribution >= 0.6 is 12.2 Å². The highest BCUT2D eigenvalue weighted by Crippen LogP contribution is 1.93. The van der Waals surface area contributed by atoms with E-state index in [2.05, 4.69) is 10.5 Å². The van der Waals surface area contributed by atoms with Crippen LogP contribution < -0.4 is 11.2 Å². The Balaban J connectivity index is 2.72. The lowest BCUT2D eigenvalue weighted by atomic mass is 10.2. The lowest BCUT2D eigenvalue weighted by molar-refractivity contribution is 1.06. The van der Waals surface area contributed by atoms with Gasteiger partial charge in [0.2, 0.25) is 0 Å². The third kappa shape index (κ3) is 0.719. The Morgan fingerprint density at radius 1 is 1.88 bits per heavy atom. The zero-order valence-electron chi connectivity index (χ0n) is 4.51. The molecule has 0 radical (unpaired) electrons. The molecule has 1 aliphatic rings. The number of hydrazone groups is 1. The number of nitrogens with two attached hydrogens (primary N) is 1. The quantitative estimate of drug-likeness (QED) is 0.438. The van der Waals surface area contributed by atoms with Gasteiger partial charge in [-0.2, -0.15) is 5.10 Å². The molecule has 8 heavy (non-hydrogen) atoms. The third-order valence-corrected chi connectivity index (χ3v) is 1.42. The molecule has 0 aliphatic carbocycles. The van der Waals surface area contributed by atoms with Gasteiger partial charge < -0.3 is 5.73 Å². The number of rotatable bonds is 0. The number of nitrogens with zero attached hydrogens (tertiary/aromatic N) is 1. The summed E-state index contributed by atoms with van der Waals surface area (Å²) >= 11 is 4.77. The number of hydrogen-bond donors (Lipinski definition) is 2. The Kier molecular flexibility index (Phi) is 1.27. The van der Waals surface area contributed by atoms with Crippen molar-refractivity contribution in [1.29, 1.82) is 0 Å². The Morgan fingerprint density at radius 2 is 2.50 bits per heavy atom. The van der Waals surface area contributed by atoms with E-state index in [1.807, 2.05) is 6.92 Å². The molecule has 1 unspecified atom stereocenters. The number of nitrogens with one attached hydrogen (secondary N) is 1. The SMILES string of the molecule is CC1=NNC(=S)C1N. The van der Waals surface area contributed by atoms with Gasteiger partial charge in [0.15, 0.2) is 0 Å². The van der Waals surface area contributed by atoms with E-state index in [0.717, 1.165) is 5.71 Å². The Labute approximate surface area is 52.9 Å². The van der Waals surface area contributed by atoms with Crippen molar-refractivity contribution in [2.75, 3.05) is 0 Å². The lowest BCUT2D eigenvalue weighted by Gasteiger charge is -1.97. The first-order valence-electron chi connectivity index (χ1n) is 2.31. The molecule has 4 heteroatoms. The van der Waals surface area contributed by atoms with Crippen LogP contribution in [0.1, 0.15) is 6.92 Å². The van der Waals surface area contributed by atoms with Crippen LogP contribution in [0, 0.1) is 0 Å². The summed E-state index contributed by atoms with van der Waals surface area (Å²) in [5.41, 5.74) is 8.96. The second kappa shape index (κ2) is 1.80. The zero-order valence-corrected chi connectivity index (χ0v) is 5.33. The van der Waals surface area contributed by atoms with E-state index in [0.29, 0.717) is 4.99 Å². The largest absolute Gasteiger partial charge is 0.317 e. The maximum atomic E-state index is 5.49. The molecule has 0 saturated carbocycles. The molecule has 0 saturated heterocycles. The monoisotopic (exact) mass is 129 g/mol. The zero-order chi connectivity index (χ0) is 6.15. The van der Waals surface area contributed by atoms with Gasteiger partial charge in [-0.15, -0.1) is 0 Å². The minimum absolute atomic E-state index is 0.148. The molecule has 0 fully saturated rings. The van der Waals surface area contributed by atoms with E-state index in [1.165, 1.54) is 0 Å². The van der Waals surface area contributed by atoms with Crippen LogP contribution in [0.5, 0.6) is 0 Å². The van der Waals surface area contributed by atoms with E-state index in [9.17, 15) is 0 Å². The Hall–Kier alpha value is -0.480. The highest BCUT2D eigenvalue weighted by molar-refractivity contribution is 7.80. The summed E-state index contributed by atoms with van der Waals surface area (Å²) in [5, 5.41) is 3.80. The van der Waals surface area contributed by atoms with Crippen molar-refractivity contribution in [2.24, 2.45) is 10.8 Å². The van der Waals surface area contributed by atoms with Crippen molar-refractivity contribution in [3.8, 4) is 0 Å². The first-order valence-corrected chi connectivity index (χ1v) is 2.72. The van der Waals surface area contributed by atoms with E-state index < -0.39 is 0 Å². The molecular formula is C4H7N3S. The molecule has 3 N–H and O–H groups in total. The summed E-state index contributed by atoms with van der Waals surface area (Å²) in [6.45, 7) is 1.84. The van der Waals surface area contributed by atoms with Crippen LogP contribution in [0.2, 0.25) is 0 Å². The lowest BCUT2D eigenvalue weighted by Crippen LogP contribution is -2.34. The first-order chi connectivity index (χ1) is 3.72. The minimum Gasteiger partial charge on any atom is -0.317 e. The van der Waals surface area contributed by atoms with Crippen molar-refractivity contribution in [3.63, 3.8) is 0 Å². The molecule has 0 spiro atoms. The van der Waals surface area contributed by atoms with Gasteiger partial charge in [0.05, 0.1) is 11.8 Å². The van der Waals surface area contributed by atoms with E-state index in [-0.39, 0.29) is 6.04 Å². The normalized spacial score (nSPS) is 27.5. The molecule has 0 aromatic carbocycles. The van der Waals surface area contributed by atoms with Crippen LogP contribution in [0.4, 0.5) is 0 Å². The summed E-state index contributed by atoms with van der Waals surface area (Å²) in [6, 6.07) is -0.148. The topological polar surface area (TPSA) is 50.4 Å². The summed E-state index contributed by atoms with van der Waals surface area (Å²) in [4.78, 5) is 0.613. The van der Waals surface area contributed by atoms with Gasteiger partial charge in [0.1, 0.15) is 4.99 Å². The predicted molar refractivity (Wildman–Crippen MR) is 36.8 cm³/mol. The molecule has 0 aromatic heterocycles. The molecule has 44 valence electrons. The molecule has 0 amide bonds. The fourth-order valence-electron chi connectivity index (χ4n) is 0.472. The van der Waals surface area contributed by atoms with Gasteiger partial charge in [-0.3, -0.25) is 5.43 Å². The van der Waals surface area contributed by atoms with E-state index >= 15 is 0 Å². The smallest absolute Gasteiger partial charge is 0.119 e. The standard InChI is InChI=1S/C4H7N3S/c1-2-3(5)4(8)7-6-2/h3H,5H2,1H3,(H,7,8). The van der Waals surface area contributed by atoms with E-state index in [4.69, 9.17) is 18.0 Å². The van der Waals surface area contributed by atoms with Crippen molar-refractivity contribution in [2.45, 2.75) is 13.0 Å². The van der Waals surface area contributed by atoms with E-state index in [1.54, 1.807) is 0 Å². The number of hydrogen-bond acceptors (Lipinski definition) is 3. The highest BCUT2D eigenvalue weighted by Gasteiger charge is 2.17. The Morgan fingerprint density at radius 3 is 2.62 bits per heavy atom. The average Bonchev–Trinajstić information content (AvgIpc) is 1.98.